The monoisotopic (exact) mass is 233 g/mol. The van der Waals surface area contributed by atoms with E-state index in [1.165, 1.54) is 0 Å². The fourth-order valence-electron chi connectivity index (χ4n) is 2.10. The van der Waals surface area contributed by atoms with Crippen molar-refractivity contribution in [3.63, 3.8) is 0 Å². The van der Waals surface area contributed by atoms with Gasteiger partial charge in [0.05, 0.1) is 12.2 Å². The summed E-state index contributed by atoms with van der Waals surface area (Å²) in [6.45, 7) is 5.03. The van der Waals surface area contributed by atoms with Gasteiger partial charge in [-0.15, -0.1) is 0 Å². The van der Waals surface area contributed by atoms with Crippen LogP contribution >= 0.6 is 11.8 Å². The maximum absolute atomic E-state index is 5.58. The molecule has 1 rings (SSSR count). The third-order valence-electron chi connectivity index (χ3n) is 2.82. The van der Waals surface area contributed by atoms with Gasteiger partial charge in [-0.05, 0) is 26.5 Å². The van der Waals surface area contributed by atoms with Crippen molar-refractivity contribution in [1.82, 2.24) is 5.32 Å². The molecule has 90 valence electrons. The molecule has 0 aromatic rings. The Morgan fingerprint density at radius 3 is 2.80 bits per heavy atom. The van der Waals surface area contributed by atoms with Gasteiger partial charge in [0.1, 0.15) is 0 Å². The minimum atomic E-state index is 0.231. The Morgan fingerprint density at radius 1 is 1.53 bits per heavy atom. The molecule has 4 heteroatoms. The van der Waals surface area contributed by atoms with Crippen LogP contribution in [0, 0.1) is 0 Å². The molecule has 1 aliphatic rings. The second-order valence-corrected chi connectivity index (χ2v) is 4.97. The van der Waals surface area contributed by atoms with E-state index in [0.29, 0.717) is 18.2 Å². The second-order valence-electron chi connectivity index (χ2n) is 4.06. The molecule has 4 unspecified atom stereocenters. The van der Waals surface area contributed by atoms with Crippen LogP contribution in [0.15, 0.2) is 0 Å². The average Bonchev–Trinajstić information content (AvgIpc) is 2.17. The molecule has 0 spiro atoms. The van der Waals surface area contributed by atoms with Gasteiger partial charge in [-0.25, -0.2) is 0 Å². The first-order chi connectivity index (χ1) is 7.22. The number of methoxy groups -OCH3 is 1. The third kappa shape index (κ3) is 3.63. The van der Waals surface area contributed by atoms with Gasteiger partial charge in [0.25, 0.3) is 0 Å². The van der Waals surface area contributed by atoms with Gasteiger partial charge in [0, 0.05) is 31.6 Å². The van der Waals surface area contributed by atoms with Crippen LogP contribution in [0.25, 0.3) is 0 Å². The summed E-state index contributed by atoms with van der Waals surface area (Å²) in [5.74, 6) is 1.15. The van der Waals surface area contributed by atoms with E-state index in [2.05, 4.69) is 18.5 Å². The molecule has 1 aliphatic carbocycles. The fraction of sp³-hybridized carbons (Fsp3) is 1.00. The Bertz CT molecular complexity index is 180. The molecular weight excluding hydrogens is 210 g/mol. The molecule has 0 aromatic heterocycles. The summed E-state index contributed by atoms with van der Waals surface area (Å²) in [6, 6.07) is 1.01. The minimum Gasteiger partial charge on any atom is -0.377 e. The summed E-state index contributed by atoms with van der Waals surface area (Å²) < 4.78 is 11.0. The van der Waals surface area contributed by atoms with Crippen molar-refractivity contribution in [3.05, 3.63) is 0 Å². The second kappa shape index (κ2) is 6.74. The zero-order valence-electron chi connectivity index (χ0n) is 10.2. The van der Waals surface area contributed by atoms with Crippen LogP contribution in [0.5, 0.6) is 0 Å². The summed E-state index contributed by atoms with van der Waals surface area (Å²) >= 11 is 1.87. The molecule has 1 saturated carbocycles. The predicted octanol–water partition coefficient (Wildman–Crippen LogP) is 1.52. The van der Waals surface area contributed by atoms with Gasteiger partial charge in [-0.2, -0.15) is 11.8 Å². The lowest BCUT2D eigenvalue weighted by molar-refractivity contribution is -0.132. The number of thioether (sulfide) groups is 1. The normalized spacial score (nSPS) is 32.4. The Balaban J connectivity index is 2.26. The maximum atomic E-state index is 5.58. The number of rotatable bonds is 7. The van der Waals surface area contributed by atoms with E-state index < -0.39 is 0 Å². The molecule has 0 amide bonds. The molecule has 3 nitrogen and oxygen atoms in total. The van der Waals surface area contributed by atoms with Crippen LogP contribution in [0.2, 0.25) is 0 Å². The van der Waals surface area contributed by atoms with Gasteiger partial charge < -0.3 is 14.8 Å². The summed E-state index contributed by atoms with van der Waals surface area (Å²) in [6.07, 6.45) is 3.73. The molecule has 0 aromatic carbocycles. The molecule has 15 heavy (non-hydrogen) atoms. The van der Waals surface area contributed by atoms with Crippen LogP contribution in [-0.2, 0) is 9.47 Å². The van der Waals surface area contributed by atoms with Crippen molar-refractivity contribution in [2.45, 2.75) is 44.6 Å². The van der Waals surface area contributed by atoms with Gasteiger partial charge in [-0.1, -0.05) is 0 Å². The number of hydrogen-bond donors (Lipinski definition) is 1. The standard InChI is InChI=1S/C11H23NO2S/c1-5-14-10-6-9(11(10)13-3)12-8(2)7-15-4/h8-12H,5-7H2,1-4H3. The zero-order chi connectivity index (χ0) is 11.3. The van der Waals surface area contributed by atoms with Gasteiger partial charge >= 0.3 is 0 Å². The van der Waals surface area contributed by atoms with Crippen LogP contribution < -0.4 is 5.32 Å². The summed E-state index contributed by atoms with van der Waals surface area (Å²) in [7, 11) is 1.77. The van der Waals surface area contributed by atoms with Crippen LogP contribution in [0.4, 0.5) is 0 Å². The van der Waals surface area contributed by atoms with Gasteiger partial charge in [-0.3, -0.25) is 0 Å². The first kappa shape index (κ1) is 13.3. The molecule has 4 atom stereocenters. The van der Waals surface area contributed by atoms with Crippen molar-refractivity contribution in [2.75, 3.05) is 25.7 Å². The molecule has 0 bridgehead atoms. The molecule has 0 radical (unpaired) electrons. The lowest BCUT2D eigenvalue weighted by Gasteiger charge is -2.44. The highest BCUT2D eigenvalue weighted by atomic mass is 32.2. The van der Waals surface area contributed by atoms with E-state index in [0.717, 1.165) is 18.8 Å². The topological polar surface area (TPSA) is 30.5 Å². The average molecular weight is 233 g/mol. The maximum Gasteiger partial charge on any atom is 0.0986 e. The fourth-order valence-corrected chi connectivity index (χ4v) is 2.70. The SMILES string of the molecule is CCOC1CC(NC(C)CSC)C1OC. The highest BCUT2D eigenvalue weighted by Gasteiger charge is 2.42. The van der Waals surface area contributed by atoms with Crippen molar-refractivity contribution >= 4 is 11.8 Å². The molecule has 0 aliphatic heterocycles. The third-order valence-corrected chi connectivity index (χ3v) is 3.65. The van der Waals surface area contributed by atoms with Crippen LogP contribution in [0.1, 0.15) is 20.3 Å². The molecule has 1 fully saturated rings. The first-order valence-electron chi connectivity index (χ1n) is 5.62. The van der Waals surface area contributed by atoms with Crippen LogP contribution in [-0.4, -0.2) is 50.0 Å². The quantitative estimate of drug-likeness (QED) is 0.722. The van der Waals surface area contributed by atoms with Gasteiger partial charge in [0.15, 0.2) is 0 Å². The first-order valence-corrected chi connectivity index (χ1v) is 7.01. The zero-order valence-corrected chi connectivity index (χ0v) is 11.0. The van der Waals surface area contributed by atoms with E-state index in [1.54, 1.807) is 7.11 Å². The van der Waals surface area contributed by atoms with Crippen LogP contribution in [0.3, 0.4) is 0 Å². The number of hydrogen-bond acceptors (Lipinski definition) is 4. The van der Waals surface area contributed by atoms with Crippen molar-refractivity contribution in [1.29, 1.82) is 0 Å². The van der Waals surface area contributed by atoms with E-state index in [-0.39, 0.29) is 6.10 Å². The Hall–Kier alpha value is 0.230. The van der Waals surface area contributed by atoms with Crippen molar-refractivity contribution < 1.29 is 9.47 Å². The molecule has 1 N–H and O–H groups in total. The minimum absolute atomic E-state index is 0.231. The largest absolute Gasteiger partial charge is 0.377 e. The van der Waals surface area contributed by atoms with E-state index in [1.807, 2.05) is 18.7 Å². The van der Waals surface area contributed by atoms with Gasteiger partial charge in [0.2, 0.25) is 0 Å². The summed E-state index contributed by atoms with van der Waals surface area (Å²) in [5, 5.41) is 3.58. The smallest absolute Gasteiger partial charge is 0.0986 e. The highest BCUT2D eigenvalue weighted by Crippen LogP contribution is 2.27. The lowest BCUT2D eigenvalue weighted by atomic mass is 9.84. The molecular formula is C11H23NO2S. The molecule has 0 heterocycles. The lowest BCUT2D eigenvalue weighted by Crippen LogP contribution is -2.61. The Kier molecular flexibility index (Phi) is 5.97. The van der Waals surface area contributed by atoms with E-state index >= 15 is 0 Å². The summed E-state index contributed by atoms with van der Waals surface area (Å²) in [5.41, 5.74) is 0. The Labute approximate surface area is 97.3 Å². The molecule has 0 saturated heterocycles. The summed E-state index contributed by atoms with van der Waals surface area (Å²) in [4.78, 5) is 0. The number of nitrogens with one attached hydrogen (secondary N) is 1. The number of ether oxygens (including phenoxy) is 2. The van der Waals surface area contributed by atoms with Crippen molar-refractivity contribution in [3.8, 4) is 0 Å². The predicted molar refractivity (Wildman–Crippen MR) is 65.6 cm³/mol. The highest BCUT2D eigenvalue weighted by molar-refractivity contribution is 7.98. The van der Waals surface area contributed by atoms with E-state index in [9.17, 15) is 0 Å². The van der Waals surface area contributed by atoms with Crippen molar-refractivity contribution in [2.24, 2.45) is 0 Å². The van der Waals surface area contributed by atoms with E-state index in [4.69, 9.17) is 9.47 Å². The Morgan fingerprint density at radius 2 is 2.27 bits per heavy atom.